The maximum Gasteiger partial charge on any atom is 0.289 e. The van der Waals surface area contributed by atoms with Crippen molar-refractivity contribution in [3.63, 3.8) is 0 Å². The number of nitrogens with one attached hydrogen (secondary N) is 4. The van der Waals surface area contributed by atoms with Gasteiger partial charge in [0, 0.05) is 37.6 Å². The number of nitrogens with zero attached hydrogens (tertiary/aromatic N) is 3. The lowest BCUT2D eigenvalue weighted by molar-refractivity contribution is -0.140. The maximum atomic E-state index is 14.2. The first kappa shape index (κ1) is 35.9. The maximum absolute atomic E-state index is 14.2. The van der Waals surface area contributed by atoms with Gasteiger partial charge in [-0.2, -0.15) is 0 Å². The number of Topliss-reactive ketones (excluding diaryl/α,β-unsaturated/α-hetero) is 1. The highest BCUT2D eigenvalue weighted by Gasteiger charge is 2.49. The van der Waals surface area contributed by atoms with Gasteiger partial charge in [0.1, 0.15) is 11.7 Å². The first-order valence-corrected chi connectivity index (χ1v) is 18.2. The molecular weight excluding hydrogens is 610 g/mol. The summed E-state index contributed by atoms with van der Waals surface area (Å²) in [5.74, 6) is -1.55. The standard InChI is InChI=1S/C36H55N7O5/c1-5-10-26(31(44)35(48)39-24-15-16-24)40-34(47)30-25-14-9-13-23(25)20-43(30)21-28(36(2,3)4)41-33(46)29(22-11-7-6-8-12-22)42-32(45)27-19-37-17-18-38-27/h17-19,22-26,28-30H,5-16,20-21H2,1-4H3,(H,39,48)(H,40,47)(H,41,46)(H,42,45)/t23-,25-,26-,28+,29-,30-/m0/s1. The number of hydrogen-bond acceptors (Lipinski definition) is 8. The van der Waals surface area contributed by atoms with Crippen molar-refractivity contribution in [3.05, 3.63) is 24.3 Å². The van der Waals surface area contributed by atoms with E-state index in [-0.39, 0.29) is 46.8 Å². The van der Waals surface area contributed by atoms with E-state index in [2.05, 4.69) is 56.9 Å². The second-order valence-electron chi connectivity index (χ2n) is 15.6. The Balaban J connectivity index is 1.32. The Bertz CT molecular complexity index is 1310. The van der Waals surface area contributed by atoms with Crippen molar-refractivity contribution >= 4 is 29.4 Å². The van der Waals surface area contributed by atoms with Crippen LogP contribution in [0.5, 0.6) is 0 Å². The molecule has 0 radical (unpaired) electrons. The fraction of sp³-hybridized carbons (Fsp3) is 0.750. The zero-order valence-electron chi connectivity index (χ0n) is 29.1. The predicted octanol–water partition coefficient (Wildman–Crippen LogP) is 2.92. The summed E-state index contributed by atoms with van der Waals surface area (Å²) < 4.78 is 0. The summed E-state index contributed by atoms with van der Waals surface area (Å²) in [6, 6.07) is -2.30. The lowest BCUT2D eigenvalue weighted by Gasteiger charge is -2.39. The Hall–Kier alpha value is -3.41. The van der Waals surface area contributed by atoms with E-state index in [0.717, 1.165) is 70.8 Å². The third kappa shape index (κ3) is 8.98. The molecule has 5 rings (SSSR count). The largest absolute Gasteiger partial charge is 0.350 e. The Morgan fingerprint density at radius 3 is 2.31 bits per heavy atom. The number of aromatic nitrogens is 2. The lowest BCUT2D eigenvalue weighted by Crippen LogP contribution is -2.60. The van der Waals surface area contributed by atoms with Crippen LogP contribution in [0.15, 0.2) is 18.6 Å². The molecule has 12 heteroatoms. The van der Waals surface area contributed by atoms with E-state index in [1.807, 2.05) is 6.92 Å². The van der Waals surface area contributed by atoms with Crippen LogP contribution in [-0.2, 0) is 19.2 Å². The Labute approximate surface area is 284 Å². The molecule has 4 N–H and O–H groups in total. The SMILES string of the molecule is CCC[C@H](NC(=O)[C@@H]1[C@H]2CCC[C@H]2CN1C[C@@H](NC(=O)[C@@H](NC(=O)c1cnccn1)C1CCCCC1)C(C)(C)C)C(=O)C(=O)NC1CC1. The summed E-state index contributed by atoms with van der Waals surface area (Å²) in [5, 5.41) is 12.1. The number of ketones is 1. The molecule has 2 heterocycles. The van der Waals surface area contributed by atoms with E-state index >= 15 is 0 Å². The van der Waals surface area contributed by atoms with Gasteiger partial charge in [-0.25, -0.2) is 4.98 Å². The molecule has 6 atom stereocenters. The fourth-order valence-electron chi connectivity index (χ4n) is 7.93. The van der Waals surface area contributed by atoms with Gasteiger partial charge >= 0.3 is 0 Å². The summed E-state index contributed by atoms with van der Waals surface area (Å²) in [6.07, 6.45) is 15.0. The molecule has 264 valence electrons. The van der Waals surface area contributed by atoms with Gasteiger partial charge in [0.25, 0.3) is 11.8 Å². The van der Waals surface area contributed by atoms with Gasteiger partial charge in [0.2, 0.25) is 17.6 Å². The zero-order valence-corrected chi connectivity index (χ0v) is 29.1. The van der Waals surface area contributed by atoms with Crippen molar-refractivity contribution in [2.45, 2.75) is 135 Å². The van der Waals surface area contributed by atoms with Crippen LogP contribution in [0.1, 0.15) is 115 Å². The minimum Gasteiger partial charge on any atom is -0.350 e. The molecule has 1 saturated heterocycles. The highest BCUT2D eigenvalue weighted by Crippen LogP contribution is 2.43. The first-order chi connectivity index (χ1) is 23.0. The van der Waals surface area contributed by atoms with Gasteiger partial charge in [-0.1, -0.05) is 59.8 Å². The van der Waals surface area contributed by atoms with E-state index in [1.165, 1.54) is 18.6 Å². The molecule has 3 aliphatic carbocycles. The Morgan fingerprint density at radius 1 is 0.917 bits per heavy atom. The van der Waals surface area contributed by atoms with Crippen LogP contribution in [0.2, 0.25) is 0 Å². The van der Waals surface area contributed by atoms with Crippen molar-refractivity contribution < 1.29 is 24.0 Å². The Morgan fingerprint density at radius 2 is 1.67 bits per heavy atom. The molecule has 0 spiro atoms. The monoisotopic (exact) mass is 665 g/mol. The molecule has 12 nitrogen and oxygen atoms in total. The smallest absolute Gasteiger partial charge is 0.289 e. The van der Waals surface area contributed by atoms with E-state index in [1.54, 1.807) is 0 Å². The van der Waals surface area contributed by atoms with Gasteiger partial charge in [-0.15, -0.1) is 0 Å². The van der Waals surface area contributed by atoms with Crippen LogP contribution in [0.4, 0.5) is 0 Å². The molecule has 4 aliphatic rings. The van der Waals surface area contributed by atoms with Crippen LogP contribution in [0.25, 0.3) is 0 Å². The number of hydrogen-bond donors (Lipinski definition) is 4. The van der Waals surface area contributed by atoms with Crippen LogP contribution < -0.4 is 21.3 Å². The molecule has 1 aromatic heterocycles. The highest BCUT2D eigenvalue weighted by atomic mass is 16.2. The lowest BCUT2D eigenvalue weighted by atomic mass is 9.82. The average Bonchev–Trinajstić information content (AvgIpc) is 3.65. The van der Waals surface area contributed by atoms with E-state index in [4.69, 9.17) is 0 Å². The second-order valence-corrected chi connectivity index (χ2v) is 15.6. The number of fused-ring (bicyclic) bond motifs is 1. The summed E-state index contributed by atoms with van der Waals surface area (Å²) in [7, 11) is 0. The molecule has 0 bridgehead atoms. The van der Waals surface area contributed by atoms with Gasteiger partial charge < -0.3 is 21.3 Å². The molecule has 4 fully saturated rings. The number of likely N-dealkylation sites (tertiary alicyclic amines) is 1. The predicted molar refractivity (Wildman–Crippen MR) is 180 cm³/mol. The molecular formula is C36H55N7O5. The van der Waals surface area contributed by atoms with E-state index in [9.17, 15) is 24.0 Å². The molecule has 3 saturated carbocycles. The van der Waals surface area contributed by atoms with Crippen LogP contribution in [-0.4, -0.2) is 87.6 Å². The first-order valence-electron chi connectivity index (χ1n) is 18.2. The summed E-state index contributed by atoms with van der Waals surface area (Å²) >= 11 is 0. The van der Waals surface area contributed by atoms with Crippen molar-refractivity contribution in [2.24, 2.45) is 23.2 Å². The van der Waals surface area contributed by atoms with Gasteiger partial charge in [0.15, 0.2) is 0 Å². The van der Waals surface area contributed by atoms with Crippen molar-refractivity contribution in [3.8, 4) is 0 Å². The average molecular weight is 666 g/mol. The normalized spacial score (nSPS) is 25.0. The summed E-state index contributed by atoms with van der Waals surface area (Å²) in [6.45, 7) is 9.34. The zero-order chi connectivity index (χ0) is 34.4. The molecule has 1 aliphatic heterocycles. The van der Waals surface area contributed by atoms with E-state index < -0.39 is 35.7 Å². The third-order valence-corrected chi connectivity index (χ3v) is 10.9. The van der Waals surface area contributed by atoms with Crippen molar-refractivity contribution in [2.75, 3.05) is 13.1 Å². The molecule has 48 heavy (non-hydrogen) atoms. The number of carbonyl (C=O) groups is 5. The minimum absolute atomic E-state index is 0.00908. The molecule has 0 unspecified atom stereocenters. The van der Waals surface area contributed by atoms with Gasteiger partial charge in [0.05, 0.1) is 18.3 Å². The summed E-state index contributed by atoms with van der Waals surface area (Å²) in [4.78, 5) is 77.5. The molecule has 1 aromatic rings. The highest BCUT2D eigenvalue weighted by molar-refractivity contribution is 6.38. The molecule has 0 aromatic carbocycles. The van der Waals surface area contributed by atoms with E-state index in [0.29, 0.717) is 25.3 Å². The van der Waals surface area contributed by atoms with Gasteiger partial charge in [-0.3, -0.25) is 33.9 Å². The second kappa shape index (κ2) is 15.9. The summed E-state index contributed by atoms with van der Waals surface area (Å²) in [5.41, 5.74) is -0.192. The number of amides is 4. The topological polar surface area (TPSA) is 162 Å². The number of carbonyl (C=O) groups excluding carboxylic acids is 5. The van der Waals surface area contributed by atoms with Crippen molar-refractivity contribution in [1.82, 2.24) is 36.1 Å². The van der Waals surface area contributed by atoms with Gasteiger partial charge in [-0.05, 0) is 68.1 Å². The van der Waals surface area contributed by atoms with Crippen LogP contribution >= 0.6 is 0 Å². The van der Waals surface area contributed by atoms with Crippen LogP contribution in [0.3, 0.4) is 0 Å². The fourth-order valence-corrected chi connectivity index (χ4v) is 7.93. The van der Waals surface area contributed by atoms with Crippen molar-refractivity contribution in [1.29, 1.82) is 0 Å². The quantitative estimate of drug-likeness (QED) is 0.221. The minimum atomic E-state index is -0.865. The Kier molecular flexibility index (Phi) is 11.9. The molecule has 4 amide bonds. The third-order valence-electron chi connectivity index (χ3n) is 10.9. The number of rotatable bonds is 14. The van der Waals surface area contributed by atoms with Crippen LogP contribution in [0, 0.1) is 23.2 Å².